The predicted octanol–water partition coefficient (Wildman–Crippen LogP) is 5.42. The number of Topliss-reactive ketones (excluding diaryl/α,β-unsaturated/α-hetero) is 1. The molecule has 1 fully saturated rings. The molecule has 0 radical (unpaired) electrons. The van der Waals surface area contributed by atoms with Crippen LogP contribution >= 0.6 is 0 Å². The quantitative estimate of drug-likeness (QED) is 0.221. The van der Waals surface area contributed by atoms with Crippen molar-refractivity contribution in [2.75, 3.05) is 32.8 Å². The second-order valence-electron chi connectivity index (χ2n) is 9.48. The minimum atomic E-state index is -0.680. The van der Waals surface area contributed by atoms with E-state index in [1.54, 1.807) is 29.2 Å². The number of hydrogen-bond acceptors (Lipinski definition) is 6. The van der Waals surface area contributed by atoms with Crippen molar-refractivity contribution in [2.24, 2.45) is 0 Å². The Bertz CT molecular complexity index is 1070. The minimum absolute atomic E-state index is 0.0286. The first kappa shape index (κ1) is 28.3. The van der Waals surface area contributed by atoms with Gasteiger partial charge in [0.2, 0.25) is 0 Å². The van der Waals surface area contributed by atoms with Crippen molar-refractivity contribution >= 4 is 17.4 Å². The van der Waals surface area contributed by atoms with Crippen LogP contribution in [0, 0.1) is 0 Å². The Balaban J connectivity index is 1.98. The summed E-state index contributed by atoms with van der Waals surface area (Å²) in [5, 5.41) is 11.3. The highest BCUT2D eigenvalue weighted by molar-refractivity contribution is 6.46. The summed E-state index contributed by atoms with van der Waals surface area (Å²) in [6, 6.07) is 13.7. The normalized spacial score (nSPS) is 17.2. The minimum Gasteiger partial charge on any atom is -0.507 e. The Morgan fingerprint density at radius 2 is 1.59 bits per heavy atom. The largest absolute Gasteiger partial charge is 0.507 e. The van der Waals surface area contributed by atoms with Crippen LogP contribution < -0.4 is 9.47 Å². The van der Waals surface area contributed by atoms with E-state index in [0.717, 1.165) is 38.0 Å². The van der Waals surface area contributed by atoms with Crippen LogP contribution in [0.4, 0.5) is 0 Å². The first-order chi connectivity index (χ1) is 17.8. The maximum Gasteiger partial charge on any atom is 0.295 e. The summed E-state index contributed by atoms with van der Waals surface area (Å²) >= 11 is 0. The number of hydrogen-bond donors (Lipinski definition) is 1. The predicted molar refractivity (Wildman–Crippen MR) is 146 cm³/mol. The molecule has 200 valence electrons. The standard InChI is InChI=1S/C30H40N2O5/c1-6-20-36-24-14-12-23(13-15-24)28(33)26-27(22-10-16-25(17-11-22)37-21(4)5)32(30(35)29(26)34)19-9-18-31(7-2)8-3/h10-17,21,27,33H,6-9,18-20H2,1-5H3/t27-/m0/s1. The van der Waals surface area contributed by atoms with E-state index in [4.69, 9.17) is 9.47 Å². The lowest BCUT2D eigenvalue weighted by molar-refractivity contribution is -0.140. The van der Waals surface area contributed by atoms with E-state index in [2.05, 4.69) is 18.7 Å². The number of nitrogens with zero attached hydrogens (tertiary/aromatic N) is 2. The van der Waals surface area contributed by atoms with Gasteiger partial charge in [-0.25, -0.2) is 0 Å². The third kappa shape index (κ3) is 6.92. The zero-order chi connectivity index (χ0) is 26.9. The molecule has 1 amide bonds. The maximum atomic E-state index is 13.3. The zero-order valence-electron chi connectivity index (χ0n) is 22.7. The molecule has 2 aromatic rings. The van der Waals surface area contributed by atoms with Crippen LogP contribution in [0.2, 0.25) is 0 Å². The van der Waals surface area contributed by atoms with Gasteiger partial charge in [-0.3, -0.25) is 9.59 Å². The van der Waals surface area contributed by atoms with Gasteiger partial charge in [-0.15, -0.1) is 0 Å². The summed E-state index contributed by atoms with van der Waals surface area (Å²) < 4.78 is 11.4. The van der Waals surface area contributed by atoms with E-state index >= 15 is 0 Å². The first-order valence-corrected chi connectivity index (χ1v) is 13.3. The molecule has 0 bridgehead atoms. The number of ether oxygens (including phenoxy) is 2. The van der Waals surface area contributed by atoms with Gasteiger partial charge >= 0.3 is 0 Å². The molecule has 0 unspecified atom stereocenters. The van der Waals surface area contributed by atoms with Crippen molar-refractivity contribution in [1.82, 2.24) is 9.80 Å². The van der Waals surface area contributed by atoms with E-state index in [1.165, 1.54) is 0 Å². The van der Waals surface area contributed by atoms with Crippen molar-refractivity contribution < 1.29 is 24.2 Å². The molecule has 0 aliphatic carbocycles. The third-order valence-corrected chi connectivity index (χ3v) is 6.48. The Morgan fingerprint density at radius 3 is 2.16 bits per heavy atom. The van der Waals surface area contributed by atoms with Crippen molar-refractivity contribution in [2.45, 2.75) is 59.6 Å². The van der Waals surface area contributed by atoms with Crippen molar-refractivity contribution in [3.63, 3.8) is 0 Å². The SMILES string of the molecule is CCCOc1ccc(C(O)=C2C(=O)C(=O)N(CCCN(CC)CC)[C@H]2c2ccc(OC(C)C)cc2)cc1. The molecule has 1 aliphatic heterocycles. The van der Waals surface area contributed by atoms with Crippen molar-refractivity contribution in [3.05, 3.63) is 65.2 Å². The van der Waals surface area contributed by atoms with Gasteiger partial charge in [0.05, 0.1) is 24.3 Å². The second-order valence-corrected chi connectivity index (χ2v) is 9.48. The lowest BCUT2D eigenvalue weighted by atomic mass is 9.95. The molecule has 0 aromatic heterocycles. The van der Waals surface area contributed by atoms with E-state index in [-0.39, 0.29) is 17.4 Å². The fourth-order valence-electron chi connectivity index (χ4n) is 4.55. The number of amides is 1. The molecular formula is C30H40N2O5. The average Bonchev–Trinajstić information content (AvgIpc) is 3.15. The Morgan fingerprint density at radius 1 is 0.973 bits per heavy atom. The van der Waals surface area contributed by atoms with Crippen LogP contribution in [0.1, 0.15) is 64.6 Å². The van der Waals surface area contributed by atoms with Crippen LogP contribution in [0.25, 0.3) is 5.76 Å². The van der Waals surface area contributed by atoms with Gasteiger partial charge in [-0.2, -0.15) is 0 Å². The van der Waals surface area contributed by atoms with Crippen LogP contribution in [-0.4, -0.2) is 65.5 Å². The summed E-state index contributed by atoms with van der Waals surface area (Å²) in [4.78, 5) is 30.4. The molecule has 3 rings (SSSR count). The topological polar surface area (TPSA) is 79.3 Å². The highest BCUT2D eigenvalue weighted by Crippen LogP contribution is 2.40. The van der Waals surface area contributed by atoms with Gasteiger partial charge in [0.25, 0.3) is 11.7 Å². The first-order valence-electron chi connectivity index (χ1n) is 13.3. The number of ketones is 1. The van der Waals surface area contributed by atoms with Gasteiger partial charge in [0.1, 0.15) is 17.3 Å². The molecule has 1 saturated heterocycles. The van der Waals surface area contributed by atoms with Crippen LogP contribution in [-0.2, 0) is 9.59 Å². The second kappa shape index (κ2) is 13.3. The summed E-state index contributed by atoms with van der Waals surface area (Å²) in [6.45, 7) is 13.8. The zero-order valence-corrected chi connectivity index (χ0v) is 22.7. The molecular weight excluding hydrogens is 468 g/mol. The molecule has 1 heterocycles. The number of rotatable bonds is 13. The third-order valence-electron chi connectivity index (χ3n) is 6.48. The molecule has 0 spiro atoms. The maximum absolute atomic E-state index is 13.3. The van der Waals surface area contributed by atoms with Crippen LogP contribution in [0.15, 0.2) is 54.1 Å². The number of aliphatic hydroxyl groups is 1. The number of carbonyl (C=O) groups is 2. The number of likely N-dealkylation sites (tertiary alicyclic amines) is 1. The summed E-state index contributed by atoms with van der Waals surface area (Å²) in [7, 11) is 0. The monoisotopic (exact) mass is 508 g/mol. The molecule has 1 aliphatic rings. The van der Waals surface area contributed by atoms with Gasteiger partial charge < -0.3 is 24.4 Å². The van der Waals surface area contributed by atoms with Gasteiger partial charge in [0.15, 0.2) is 0 Å². The average molecular weight is 509 g/mol. The number of carbonyl (C=O) groups excluding carboxylic acids is 2. The van der Waals surface area contributed by atoms with Crippen LogP contribution in [0.5, 0.6) is 11.5 Å². The van der Waals surface area contributed by atoms with E-state index in [1.807, 2.05) is 45.0 Å². The molecule has 37 heavy (non-hydrogen) atoms. The number of aliphatic hydroxyl groups excluding tert-OH is 1. The van der Waals surface area contributed by atoms with Crippen LogP contribution in [0.3, 0.4) is 0 Å². The van der Waals surface area contributed by atoms with Crippen molar-refractivity contribution in [1.29, 1.82) is 0 Å². The Hall–Kier alpha value is -3.32. The van der Waals surface area contributed by atoms with E-state index in [9.17, 15) is 14.7 Å². The van der Waals surface area contributed by atoms with Gasteiger partial charge in [0, 0.05) is 12.1 Å². The molecule has 1 N–H and O–H groups in total. The molecule has 0 saturated carbocycles. The van der Waals surface area contributed by atoms with E-state index < -0.39 is 17.7 Å². The molecule has 1 atom stereocenters. The highest BCUT2D eigenvalue weighted by Gasteiger charge is 2.45. The van der Waals surface area contributed by atoms with Crippen molar-refractivity contribution in [3.8, 4) is 11.5 Å². The fraction of sp³-hybridized carbons (Fsp3) is 0.467. The van der Waals surface area contributed by atoms with E-state index in [0.29, 0.717) is 30.2 Å². The smallest absolute Gasteiger partial charge is 0.295 e. The molecule has 7 nitrogen and oxygen atoms in total. The lowest BCUT2D eigenvalue weighted by Gasteiger charge is -2.27. The molecule has 7 heteroatoms. The molecule has 2 aromatic carbocycles. The highest BCUT2D eigenvalue weighted by atomic mass is 16.5. The number of benzene rings is 2. The summed E-state index contributed by atoms with van der Waals surface area (Å²) in [6.07, 6.45) is 1.64. The summed E-state index contributed by atoms with van der Waals surface area (Å²) in [5.41, 5.74) is 1.32. The Kier molecular flexibility index (Phi) is 10.1. The Labute approximate surface area is 220 Å². The van der Waals surface area contributed by atoms with Gasteiger partial charge in [-0.05, 0) is 88.3 Å². The lowest BCUT2D eigenvalue weighted by Crippen LogP contribution is -2.33. The summed E-state index contributed by atoms with van der Waals surface area (Å²) in [5.74, 6) is -0.0396. The van der Waals surface area contributed by atoms with Gasteiger partial charge in [-0.1, -0.05) is 32.9 Å². The fourth-order valence-corrected chi connectivity index (χ4v) is 4.55.